The number of carbonyl (C=O) groups excluding carboxylic acids is 1. The summed E-state index contributed by atoms with van der Waals surface area (Å²) < 4.78 is 28.1. The highest BCUT2D eigenvalue weighted by Crippen LogP contribution is 2.27. The van der Waals surface area contributed by atoms with Crippen molar-refractivity contribution in [2.75, 3.05) is 0 Å². The van der Waals surface area contributed by atoms with Crippen LogP contribution in [0.15, 0.2) is 39.3 Å². The number of rotatable bonds is 2. The molecule has 0 atom stereocenters. The van der Waals surface area contributed by atoms with Crippen LogP contribution in [0.2, 0.25) is 5.02 Å². The fourth-order valence-corrected chi connectivity index (χ4v) is 2.27. The highest BCUT2D eigenvalue weighted by Gasteiger charge is 2.21. The van der Waals surface area contributed by atoms with Crippen LogP contribution in [0.5, 0.6) is 0 Å². The topological polar surface area (TPSA) is 17.1 Å². The molecule has 0 amide bonds. The molecule has 0 spiro atoms. The standard InChI is InChI=1S/C13H5Br2ClF2O/c14-7-2-1-6(5-9(7)16)13(19)11-10(17)4-3-8(15)12(11)18/h1-5H. The highest BCUT2D eigenvalue weighted by atomic mass is 79.9. The maximum Gasteiger partial charge on any atom is 0.199 e. The van der Waals surface area contributed by atoms with Crippen LogP contribution in [-0.2, 0) is 0 Å². The van der Waals surface area contributed by atoms with E-state index in [1.807, 2.05) is 0 Å². The molecule has 2 rings (SSSR count). The van der Waals surface area contributed by atoms with Crippen molar-refractivity contribution in [3.8, 4) is 0 Å². The van der Waals surface area contributed by atoms with Gasteiger partial charge in [-0.2, -0.15) is 0 Å². The lowest BCUT2D eigenvalue weighted by atomic mass is 10.0. The lowest BCUT2D eigenvalue weighted by Crippen LogP contribution is -2.08. The van der Waals surface area contributed by atoms with Crippen LogP contribution in [0.3, 0.4) is 0 Å². The summed E-state index contributed by atoms with van der Waals surface area (Å²) in [5.74, 6) is -2.60. The third-order valence-electron chi connectivity index (χ3n) is 2.45. The van der Waals surface area contributed by atoms with Gasteiger partial charge in [0, 0.05) is 10.0 Å². The molecule has 1 nitrogen and oxygen atoms in total. The van der Waals surface area contributed by atoms with E-state index >= 15 is 0 Å². The predicted molar refractivity (Wildman–Crippen MR) is 76.6 cm³/mol. The molecule has 0 bridgehead atoms. The van der Waals surface area contributed by atoms with Gasteiger partial charge in [0.15, 0.2) is 11.6 Å². The van der Waals surface area contributed by atoms with E-state index < -0.39 is 23.0 Å². The summed E-state index contributed by atoms with van der Waals surface area (Å²) >= 11 is 12.0. The van der Waals surface area contributed by atoms with E-state index in [0.717, 1.165) is 6.07 Å². The zero-order chi connectivity index (χ0) is 14.2. The molecule has 0 N–H and O–H groups in total. The molecular formula is C13H5Br2ClF2O. The van der Waals surface area contributed by atoms with Crippen molar-refractivity contribution < 1.29 is 13.6 Å². The van der Waals surface area contributed by atoms with E-state index in [1.165, 1.54) is 18.2 Å². The summed E-state index contributed by atoms with van der Waals surface area (Å²) in [7, 11) is 0. The number of ketones is 1. The van der Waals surface area contributed by atoms with Crippen LogP contribution in [-0.4, -0.2) is 5.78 Å². The Morgan fingerprint density at radius 1 is 1.05 bits per heavy atom. The first-order valence-corrected chi connectivity index (χ1v) is 7.01. The minimum atomic E-state index is -0.927. The molecule has 0 fully saturated rings. The average molecular weight is 410 g/mol. The molecule has 0 aliphatic carbocycles. The number of hydrogen-bond acceptors (Lipinski definition) is 1. The molecule has 2 aromatic rings. The van der Waals surface area contributed by atoms with Gasteiger partial charge >= 0.3 is 0 Å². The van der Waals surface area contributed by atoms with Crippen LogP contribution in [0.1, 0.15) is 15.9 Å². The molecule has 19 heavy (non-hydrogen) atoms. The molecule has 0 aromatic heterocycles. The Hall–Kier alpha value is -0.780. The second kappa shape index (κ2) is 5.69. The minimum Gasteiger partial charge on any atom is -0.288 e. The largest absolute Gasteiger partial charge is 0.288 e. The Morgan fingerprint density at radius 3 is 2.32 bits per heavy atom. The lowest BCUT2D eigenvalue weighted by Gasteiger charge is -2.06. The Bertz CT molecular complexity index is 674. The van der Waals surface area contributed by atoms with Crippen LogP contribution in [0.25, 0.3) is 0 Å². The summed E-state index contributed by atoms with van der Waals surface area (Å²) in [4.78, 5) is 12.1. The van der Waals surface area contributed by atoms with E-state index in [1.54, 1.807) is 6.07 Å². The quantitative estimate of drug-likeness (QED) is 0.480. The Labute approximate surface area is 129 Å². The van der Waals surface area contributed by atoms with Crippen molar-refractivity contribution >= 4 is 49.2 Å². The summed E-state index contributed by atoms with van der Waals surface area (Å²) in [6.45, 7) is 0. The van der Waals surface area contributed by atoms with Gasteiger partial charge in [0.1, 0.15) is 5.82 Å². The highest BCUT2D eigenvalue weighted by molar-refractivity contribution is 9.10. The third-order valence-corrected chi connectivity index (χ3v) is 4.30. The van der Waals surface area contributed by atoms with E-state index in [4.69, 9.17) is 11.6 Å². The van der Waals surface area contributed by atoms with Crippen molar-refractivity contribution in [2.24, 2.45) is 0 Å². The zero-order valence-electron chi connectivity index (χ0n) is 9.18. The number of benzene rings is 2. The monoisotopic (exact) mass is 408 g/mol. The molecule has 0 saturated carbocycles. The van der Waals surface area contributed by atoms with Crippen molar-refractivity contribution in [1.82, 2.24) is 0 Å². The Balaban J connectivity index is 2.56. The van der Waals surface area contributed by atoms with E-state index in [-0.39, 0.29) is 10.0 Å². The van der Waals surface area contributed by atoms with Crippen molar-refractivity contribution in [3.63, 3.8) is 0 Å². The first-order chi connectivity index (χ1) is 8.91. The van der Waals surface area contributed by atoms with E-state index in [2.05, 4.69) is 31.9 Å². The van der Waals surface area contributed by atoms with Gasteiger partial charge in [-0.25, -0.2) is 8.78 Å². The molecule has 0 radical (unpaired) electrons. The zero-order valence-corrected chi connectivity index (χ0v) is 13.1. The van der Waals surface area contributed by atoms with Crippen molar-refractivity contribution in [2.45, 2.75) is 0 Å². The van der Waals surface area contributed by atoms with Gasteiger partial charge in [0.05, 0.1) is 15.1 Å². The Morgan fingerprint density at radius 2 is 1.68 bits per heavy atom. The first-order valence-electron chi connectivity index (χ1n) is 5.05. The molecule has 0 heterocycles. The molecule has 0 aliphatic rings. The van der Waals surface area contributed by atoms with Crippen molar-refractivity contribution in [3.05, 3.63) is 67.1 Å². The normalized spacial score (nSPS) is 10.6. The van der Waals surface area contributed by atoms with Gasteiger partial charge < -0.3 is 0 Å². The smallest absolute Gasteiger partial charge is 0.199 e. The Kier molecular flexibility index (Phi) is 4.38. The molecule has 0 aliphatic heterocycles. The van der Waals surface area contributed by atoms with E-state index in [0.29, 0.717) is 9.50 Å². The van der Waals surface area contributed by atoms with Gasteiger partial charge in [-0.3, -0.25) is 4.79 Å². The lowest BCUT2D eigenvalue weighted by molar-refractivity contribution is 0.103. The van der Waals surface area contributed by atoms with Crippen molar-refractivity contribution in [1.29, 1.82) is 0 Å². The number of halogens is 5. The molecular weight excluding hydrogens is 405 g/mol. The molecule has 0 unspecified atom stereocenters. The molecule has 2 aromatic carbocycles. The van der Waals surface area contributed by atoms with Gasteiger partial charge in [0.2, 0.25) is 0 Å². The SMILES string of the molecule is O=C(c1ccc(Br)c(Cl)c1)c1c(F)ccc(Br)c1F. The molecule has 0 saturated heterocycles. The van der Waals surface area contributed by atoms with Gasteiger partial charge in [-0.05, 0) is 62.2 Å². The summed E-state index contributed by atoms with van der Waals surface area (Å²) in [6, 6.07) is 6.58. The number of carbonyl (C=O) groups is 1. The van der Waals surface area contributed by atoms with Crippen LogP contribution in [0, 0.1) is 11.6 Å². The maximum atomic E-state index is 13.8. The first kappa shape index (κ1) is 14.6. The fraction of sp³-hybridized carbons (Fsp3) is 0. The van der Waals surface area contributed by atoms with Gasteiger partial charge in [0.25, 0.3) is 0 Å². The van der Waals surface area contributed by atoms with Crippen LogP contribution >= 0.6 is 43.5 Å². The van der Waals surface area contributed by atoms with E-state index in [9.17, 15) is 13.6 Å². The second-order valence-corrected chi connectivity index (χ2v) is 5.79. The molecule has 6 heteroatoms. The fourth-order valence-electron chi connectivity index (χ4n) is 1.52. The third kappa shape index (κ3) is 2.88. The van der Waals surface area contributed by atoms with Gasteiger partial charge in [-0.15, -0.1) is 0 Å². The summed E-state index contributed by atoms with van der Waals surface area (Å²) in [5.41, 5.74) is -0.489. The van der Waals surface area contributed by atoms with Crippen LogP contribution in [0.4, 0.5) is 8.78 Å². The minimum absolute atomic E-state index is 0.0282. The predicted octanol–water partition coefficient (Wildman–Crippen LogP) is 5.37. The summed E-state index contributed by atoms with van der Waals surface area (Å²) in [6.07, 6.45) is 0. The maximum absolute atomic E-state index is 13.8. The molecule has 98 valence electrons. The average Bonchev–Trinajstić information content (AvgIpc) is 2.37. The second-order valence-electron chi connectivity index (χ2n) is 3.68. The summed E-state index contributed by atoms with van der Waals surface area (Å²) in [5, 5.41) is 0.293. The van der Waals surface area contributed by atoms with Crippen LogP contribution < -0.4 is 0 Å². The van der Waals surface area contributed by atoms with Gasteiger partial charge in [-0.1, -0.05) is 11.6 Å². The number of hydrogen-bond donors (Lipinski definition) is 0.